The summed E-state index contributed by atoms with van der Waals surface area (Å²) in [4.78, 5) is 26.4. The normalized spacial score (nSPS) is 19.9. The number of nitrogens with zero attached hydrogens (tertiary/aromatic N) is 1. The molecule has 1 saturated heterocycles. The highest BCUT2D eigenvalue weighted by atomic mass is 16.5. The van der Waals surface area contributed by atoms with Crippen LogP contribution in [0.2, 0.25) is 0 Å². The summed E-state index contributed by atoms with van der Waals surface area (Å²) >= 11 is 0. The van der Waals surface area contributed by atoms with Crippen molar-refractivity contribution in [1.82, 2.24) is 10.2 Å². The van der Waals surface area contributed by atoms with Gasteiger partial charge in [0.05, 0.1) is 6.54 Å². The van der Waals surface area contributed by atoms with Crippen LogP contribution >= 0.6 is 0 Å². The van der Waals surface area contributed by atoms with Crippen LogP contribution < -0.4 is 10.1 Å². The number of carbonyl (C=O) groups excluding carboxylic acids is 2. The van der Waals surface area contributed by atoms with Crippen molar-refractivity contribution >= 4 is 11.9 Å². The highest BCUT2D eigenvalue weighted by molar-refractivity contribution is 6.07. The highest BCUT2D eigenvalue weighted by Gasteiger charge is 2.49. The number of imide groups is 1. The van der Waals surface area contributed by atoms with Gasteiger partial charge in [0.15, 0.2) is 0 Å². The van der Waals surface area contributed by atoms with Gasteiger partial charge in [0, 0.05) is 0 Å². The number of rotatable bonds is 5. The van der Waals surface area contributed by atoms with Gasteiger partial charge in [0.25, 0.3) is 5.91 Å². The van der Waals surface area contributed by atoms with Crippen LogP contribution in [0.1, 0.15) is 23.6 Å². The second kappa shape index (κ2) is 6.59. The molecule has 0 aliphatic carbocycles. The van der Waals surface area contributed by atoms with Gasteiger partial charge in [-0.2, -0.15) is 0 Å². The number of aryl methyl sites for hydroxylation is 2. The molecule has 2 aromatic rings. The van der Waals surface area contributed by atoms with Crippen molar-refractivity contribution in [3.63, 3.8) is 0 Å². The van der Waals surface area contributed by atoms with Gasteiger partial charge in [-0.25, -0.2) is 4.79 Å². The van der Waals surface area contributed by atoms with E-state index in [1.165, 1.54) is 4.90 Å². The van der Waals surface area contributed by atoms with Gasteiger partial charge >= 0.3 is 6.03 Å². The average molecular weight is 338 g/mol. The maximum atomic E-state index is 12.9. The smallest absolute Gasteiger partial charge is 0.325 e. The van der Waals surface area contributed by atoms with E-state index in [-0.39, 0.29) is 25.1 Å². The number of urea groups is 1. The molecule has 1 atom stereocenters. The Morgan fingerprint density at radius 2 is 1.72 bits per heavy atom. The van der Waals surface area contributed by atoms with Gasteiger partial charge in [0.1, 0.15) is 17.9 Å². The van der Waals surface area contributed by atoms with Crippen LogP contribution in [0, 0.1) is 13.8 Å². The molecule has 0 spiro atoms. The van der Waals surface area contributed by atoms with Crippen LogP contribution in [0.25, 0.3) is 0 Å². The Morgan fingerprint density at radius 3 is 2.40 bits per heavy atom. The standard InChI is InChI=1S/C20H22N2O3/c1-14-8-10-16(11-9-14)25-13-12-22-18(23)20(3,21-19(22)24)17-7-5-4-6-15(17)2/h4-11H,12-13H2,1-3H3,(H,21,24). The minimum absolute atomic E-state index is 0.208. The minimum Gasteiger partial charge on any atom is -0.492 e. The van der Waals surface area contributed by atoms with Crippen LogP contribution in [0.4, 0.5) is 4.79 Å². The molecular formula is C20H22N2O3. The Balaban J connectivity index is 1.69. The summed E-state index contributed by atoms with van der Waals surface area (Å²) in [7, 11) is 0. The topological polar surface area (TPSA) is 58.6 Å². The maximum absolute atomic E-state index is 12.9. The summed E-state index contributed by atoms with van der Waals surface area (Å²) < 4.78 is 5.64. The van der Waals surface area contributed by atoms with E-state index >= 15 is 0 Å². The zero-order chi connectivity index (χ0) is 18.0. The molecule has 0 radical (unpaired) electrons. The zero-order valence-electron chi connectivity index (χ0n) is 14.7. The van der Waals surface area contributed by atoms with Crippen LogP contribution in [0.15, 0.2) is 48.5 Å². The van der Waals surface area contributed by atoms with Crippen molar-refractivity contribution in [3.8, 4) is 5.75 Å². The van der Waals surface area contributed by atoms with E-state index in [1.807, 2.05) is 62.4 Å². The van der Waals surface area contributed by atoms with Crippen molar-refractivity contribution in [2.24, 2.45) is 0 Å². The molecular weight excluding hydrogens is 316 g/mol. The first kappa shape index (κ1) is 17.0. The SMILES string of the molecule is Cc1ccc(OCCN2C(=O)NC(C)(c3ccccc3C)C2=O)cc1. The number of amides is 3. The van der Waals surface area contributed by atoms with Gasteiger partial charge in [0.2, 0.25) is 0 Å². The lowest BCUT2D eigenvalue weighted by Crippen LogP contribution is -2.41. The lowest BCUT2D eigenvalue weighted by molar-refractivity contribution is -0.131. The van der Waals surface area contributed by atoms with Crippen LogP contribution in [-0.4, -0.2) is 30.0 Å². The Bertz CT molecular complexity index is 801. The maximum Gasteiger partial charge on any atom is 0.325 e. The molecule has 5 nitrogen and oxygen atoms in total. The van der Waals surface area contributed by atoms with Crippen molar-refractivity contribution < 1.29 is 14.3 Å². The third kappa shape index (κ3) is 3.22. The molecule has 25 heavy (non-hydrogen) atoms. The Kier molecular flexibility index (Phi) is 4.49. The molecule has 1 N–H and O–H groups in total. The van der Waals surface area contributed by atoms with Crippen molar-refractivity contribution in [2.45, 2.75) is 26.3 Å². The lowest BCUT2D eigenvalue weighted by atomic mass is 9.88. The molecule has 1 unspecified atom stereocenters. The molecule has 5 heteroatoms. The molecule has 0 aromatic heterocycles. The molecule has 1 aliphatic heterocycles. The zero-order valence-corrected chi connectivity index (χ0v) is 14.7. The third-order valence-electron chi connectivity index (χ3n) is 4.56. The number of ether oxygens (including phenoxy) is 1. The van der Waals surface area contributed by atoms with Crippen molar-refractivity contribution in [1.29, 1.82) is 0 Å². The summed E-state index contributed by atoms with van der Waals surface area (Å²) in [5.41, 5.74) is 1.90. The molecule has 3 rings (SSSR count). The summed E-state index contributed by atoms with van der Waals surface area (Å²) in [6.07, 6.45) is 0. The van der Waals surface area contributed by atoms with E-state index in [2.05, 4.69) is 5.32 Å². The second-order valence-electron chi connectivity index (χ2n) is 6.49. The molecule has 2 aromatic carbocycles. The summed E-state index contributed by atoms with van der Waals surface area (Å²) in [6, 6.07) is 14.9. The van der Waals surface area contributed by atoms with E-state index in [9.17, 15) is 9.59 Å². The predicted molar refractivity (Wildman–Crippen MR) is 95.4 cm³/mol. The first-order valence-corrected chi connectivity index (χ1v) is 8.31. The van der Waals surface area contributed by atoms with Gasteiger partial charge in [-0.15, -0.1) is 0 Å². The van der Waals surface area contributed by atoms with Crippen LogP contribution in [0.5, 0.6) is 5.75 Å². The molecule has 3 amide bonds. The third-order valence-corrected chi connectivity index (χ3v) is 4.56. The number of benzene rings is 2. The molecule has 0 saturated carbocycles. The molecule has 130 valence electrons. The van der Waals surface area contributed by atoms with E-state index < -0.39 is 5.54 Å². The monoisotopic (exact) mass is 338 g/mol. The second-order valence-corrected chi connectivity index (χ2v) is 6.49. The van der Waals surface area contributed by atoms with E-state index in [0.717, 1.165) is 22.4 Å². The number of hydrogen-bond acceptors (Lipinski definition) is 3. The summed E-state index contributed by atoms with van der Waals surface area (Å²) in [5.74, 6) is 0.471. The Morgan fingerprint density at radius 1 is 1.04 bits per heavy atom. The lowest BCUT2D eigenvalue weighted by Gasteiger charge is -2.24. The first-order valence-electron chi connectivity index (χ1n) is 8.31. The molecule has 1 fully saturated rings. The molecule has 0 bridgehead atoms. The number of nitrogens with one attached hydrogen (secondary N) is 1. The van der Waals surface area contributed by atoms with E-state index in [0.29, 0.717) is 0 Å². The Labute approximate surface area is 147 Å². The van der Waals surface area contributed by atoms with E-state index in [1.54, 1.807) is 6.92 Å². The predicted octanol–water partition coefficient (Wildman–Crippen LogP) is 3.15. The van der Waals surface area contributed by atoms with Gasteiger partial charge in [-0.3, -0.25) is 9.69 Å². The van der Waals surface area contributed by atoms with E-state index in [4.69, 9.17) is 4.74 Å². The number of hydrogen-bond donors (Lipinski definition) is 1. The summed E-state index contributed by atoms with van der Waals surface area (Å²) in [6.45, 7) is 6.15. The van der Waals surface area contributed by atoms with Gasteiger partial charge in [-0.1, -0.05) is 42.0 Å². The molecule has 1 aliphatic rings. The largest absolute Gasteiger partial charge is 0.492 e. The van der Waals surface area contributed by atoms with Crippen molar-refractivity contribution in [2.75, 3.05) is 13.2 Å². The highest BCUT2D eigenvalue weighted by Crippen LogP contribution is 2.30. The fourth-order valence-electron chi connectivity index (χ4n) is 3.11. The van der Waals surface area contributed by atoms with Gasteiger partial charge in [-0.05, 0) is 44.0 Å². The van der Waals surface area contributed by atoms with Crippen LogP contribution in [-0.2, 0) is 10.3 Å². The molecule has 1 heterocycles. The first-order chi connectivity index (χ1) is 11.9. The Hall–Kier alpha value is -2.82. The van der Waals surface area contributed by atoms with Crippen molar-refractivity contribution in [3.05, 3.63) is 65.2 Å². The summed E-state index contributed by atoms with van der Waals surface area (Å²) in [5, 5.41) is 2.83. The van der Waals surface area contributed by atoms with Crippen LogP contribution in [0.3, 0.4) is 0 Å². The minimum atomic E-state index is -1.04. The number of carbonyl (C=O) groups is 2. The fraction of sp³-hybridized carbons (Fsp3) is 0.300. The van der Waals surface area contributed by atoms with Gasteiger partial charge < -0.3 is 10.1 Å². The quantitative estimate of drug-likeness (QED) is 0.852. The fourth-order valence-corrected chi connectivity index (χ4v) is 3.11. The average Bonchev–Trinajstić information content (AvgIpc) is 2.81.